The van der Waals surface area contributed by atoms with Crippen LogP contribution in [-0.4, -0.2) is 23.0 Å². The minimum Gasteiger partial charge on any atom is -0.384 e. The van der Waals surface area contributed by atoms with Gasteiger partial charge in [-0.05, 0) is 85.6 Å². The second-order valence-electron chi connectivity index (χ2n) is 9.45. The zero-order chi connectivity index (χ0) is 22.3. The first-order chi connectivity index (χ1) is 13.9. The second kappa shape index (κ2) is 8.78. The highest BCUT2D eigenvalue weighted by Gasteiger charge is 2.58. The lowest BCUT2D eigenvalue weighted by atomic mass is 9.70. The van der Waals surface area contributed by atoms with Crippen molar-refractivity contribution < 1.29 is 13.5 Å². The second-order valence-corrected chi connectivity index (χ2v) is 13.9. The molecule has 2 aliphatic carbocycles. The van der Waals surface area contributed by atoms with Crippen LogP contribution in [0.4, 0.5) is 0 Å². The molecule has 1 N–H and O–H groups in total. The molecule has 0 bridgehead atoms. The summed E-state index contributed by atoms with van der Waals surface area (Å²) >= 11 is 0. The Morgan fingerprint density at radius 1 is 0.667 bits per heavy atom. The molecule has 0 heterocycles. The summed E-state index contributed by atoms with van der Waals surface area (Å²) in [6.45, 7) is 11.5. The van der Waals surface area contributed by atoms with Crippen molar-refractivity contribution in [2.45, 2.75) is 56.6 Å². The molecule has 0 spiro atoms. The summed E-state index contributed by atoms with van der Waals surface area (Å²) in [5, 5.41) is 13.5. The molecule has 0 amide bonds. The topological polar surface area (TPSA) is 54.4 Å². The van der Waals surface area contributed by atoms with Crippen LogP contribution in [0.2, 0.25) is 0 Å². The van der Waals surface area contributed by atoms with E-state index in [9.17, 15) is 13.5 Å². The predicted molar refractivity (Wildman–Crippen MR) is 125 cm³/mol. The maximum Gasteiger partial charge on any atom is 0.106 e. The zero-order valence-electron chi connectivity index (χ0n) is 18.4. The minimum absolute atomic E-state index is 0.482. The van der Waals surface area contributed by atoms with Gasteiger partial charge in [0.05, 0.1) is 10.5 Å². The standard InChI is InChI=1S/C25H30O3S2/c1-23(2,3)29(27)21-16-10-14-19(21)25(26,18-12-8-7-9-13-18)20-15-11-17-22(20)30(28)24(4,5)6/h7-17,26H,1-6H3/t29-,30-/m0/s1. The SMILES string of the molecule is CC(C)(C)[S@@](=O)[C]1[CH][CH][CH][C]1C(O)([C]1[CH][CH][CH][C]1[S@](=O)C(C)(C)C)c1ccccc1. The molecule has 2 atom stereocenters. The fourth-order valence-electron chi connectivity index (χ4n) is 3.52. The fourth-order valence-corrected chi connectivity index (χ4v) is 6.08. The first kappa shape index (κ1) is 24.1. The van der Waals surface area contributed by atoms with E-state index < -0.39 is 36.7 Å². The molecule has 3 rings (SSSR count). The lowest BCUT2D eigenvalue weighted by Gasteiger charge is -2.44. The summed E-state index contributed by atoms with van der Waals surface area (Å²) in [5.41, 5.74) is -0.914. The van der Waals surface area contributed by atoms with Crippen LogP contribution in [0.1, 0.15) is 47.1 Å². The van der Waals surface area contributed by atoms with E-state index in [1.807, 2.05) is 110 Å². The van der Waals surface area contributed by atoms with Crippen molar-refractivity contribution in [2.75, 3.05) is 0 Å². The minimum atomic E-state index is -1.57. The Morgan fingerprint density at radius 2 is 1.07 bits per heavy atom. The van der Waals surface area contributed by atoms with Crippen LogP contribution < -0.4 is 0 Å². The molecular weight excluding hydrogens is 412 g/mol. The van der Waals surface area contributed by atoms with Crippen molar-refractivity contribution in [3.63, 3.8) is 0 Å². The van der Waals surface area contributed by atoms with Crippen molar-refractivity contribution in [3.05, 3.63) is 96.8 Å². The molecule has 30 heavy (non-hydrogen) atoms. The van der Waals surface area contributed by atoms with E-state index in [2.05, 4.69) is 0 Å². The summed E-state index contributed by atoms with van der Waals surface area (Å²) in [4.78, 5) is 0. The van der Waals surface area contributed by atoms with E-state index in [4.69, 9.17) is 0 Å². The van der Waals surface area contributed by atoms with Crippen molar-refractivity contribution in [1.82, 2.24) is 0 Å². The van der Waals surface area contributed by atoms with E-state index in [0.29, 0.717) is 27.9 Å². The van der Waals surface area contributed by atoms with Gasteiger partial charge in [0.25, 0.3) is 0 Å². The molecule has 2 aliphatic rings. The highest BCUT2D eigenvalue weighted by Crippen LogP contribution is 2.58. The lowest BCUT2D eigenvalue weighted by Crippen LogP contribution is -2.46. The van der Waals surface area contributed by atoms with E-state index in [1.165, 1.54) is 0 Å². The van der Waals surface area contributed by atoms with Crippen LogP contribution in [-0.2, 0) is 27.2 Å². The lowest BCUT2D eigenvalue weighted by molar-refractivity contribution is 0.0819. The third-order valence-corrected chi connectivity index (χ3v) is 8.77. The van der Waals surface area contributed by atoms with Crippen LogP contribution in [0.25, 0.3) is 0 Å². The van der Waals surface area contributed by atoms with Crippen molar-refractivity contribution >= 4 is 21.6 Å². The van der Waals surface area contributed by atoms with Crippen molar-refractivity contribution in [2.24, 2.45) is 0 Å². The van der Waals surface area contributed by atoms with Crippen LogP contribution in [0.15, 0.2) is 30.3 Å². The summed E-state index contributed by atoms with van der Waals surface area (Å²) in [6, 6.07) is 9.34. The van der Waals surface area contributed by atoms with Crippen molar-refractivity contribution in [3.8, 4) is 0 Å². The molecule has 0 unspecified atom stereocenters. The largest absolute Gasteiger partial charge is 0.384 e. The Morgan fingerprint density at radius 3 is 1.43 bits per heavy atom. The first-order valence-electron chi connectivity index (χ1n) is 10.0. The van der Waals surface area contributed by atoms with Gasteiger partial charge in [0, 0.05) is 42.9 Å². The fraction of sp³-hybridized carbons (Fsp3) is 0.360. The average molecular weight is 443 g/mol. The van der Waals surface area contributed by atoms with Crippen LogP contribution >= 0.6 is 0 Å². The Hall–Kier alpha value is -0.520. The third kappa shape index (κ3) is 4.49. The van der Waals surface area contributed by atoms with Gasteiger partial charge in [0.2, 0.25) is 0 Å². The van der Waals surface area contributed by atoms with Gasteiger partial charge in [-0.2, -0.15) is 0 Å². The predicted octanol–water partition coefficient (Wildman–Crippen LogP) is 4.43. The summed E-state index contributed by atoms with van der Waals surface area (Å²) in [7, 11) is -2.67. The van der Waals surface area contributed by atoms with E-state index in [-0.39, 0.29) is 0 Å². The summed E-state index contributed by atoms with van der Waals surface area (Å²) in [5.74, 6) is 1.14. The van der Waals surface area contributed by atoms with Gasteiger partial charge in [-0.15, -0.1) is 0 Å². The third-order valence-electron chi connectivity index (χ3n) is 5.03. The van der Waals surface area contributed by atoms with Gasteiger partial charge in [0.1, 0.15) is 5.60 Å². The molecule has 160 valence electrons. The molecule has 0 saturated heterocycles. The van der Waals surface area contributed by atoms with Gasteiger partial charge in [-0.25, -0.2) is 0 Å². The van der Waals surface area contributed by atoms with Crippen LogP contribution in [0, 0.1) is 60.9 Å². The maximum absolute atomic E-state index is 13.3. The molecule has 10 radical (unpaired) electrons. The molecule has 1 aromatic carbocycles. The van der Waals surface area contributed by atoms with Crippen LogP contribution in [0.3, 0.4) is 0 Å². The molecule has 1 aromatic rings. The van der Waals surface area contributed by atoms with E-state index in [0.717, 1.165) is 0 Å². The summed E-state index contributed by atoms with van der Waals surface area (Å²) < 4.78 is 25.7. The number of hydrogen-bond acceptors (Lipinski definition) is 3. The Kier molecular flexibility index (Phi) is 7.07. The molecule has 0 aromatic heterocycles. The summed E-state index contributed by atoms with van der Waals surface area (Å²) in [6.07, 6.45) is 10.9. The highest BCUT2D eigenvalue weighted by molar-refractivity contribution is 7.90. The molecule has 2 saturated carbocycles. The van der Waals surface area contributed by atoms with Gasteiger partial charge in [-0.3, -0.25) is 8.42 Å². The monoisotopic (exact) mass is 442 g/mol. The van der Waals surface area contributed by atoms with E-state index in [1.54, 1.807) is 0 Å². The number of hydrogen-bond donors (Lipinski definition) is 1. The quantitative estimate of drug-likeness (QED) is 0.734. The van der Waals surface area contributed by atoms with Gasteiger partial charge in [-0.1, -0.05) is 30.3 Å². The van der Waals surface area contributed by atoms with Gasteiger partial charge < -0.3 is 5.11 Å². The zero-order valence-corrected chi connectivity index (χ0v) is 20.1. The molecule has 2 fully saturated rings. The number of rotatable bonds is 5. The van der Waals surface area contributed by atoms with Crippen LogP contribution in [0.5, 0.6) is 0 Å². The first-order valence-corrected chi connectivity index (χ1v) is 12.3. The Bertz CT molecular complexity index is 732. The molecule has 3 nitrogen and oxygen atoms in total. The average Bonchev–Trinajstić information content (AvgIpc) is 3.35. The van der Waals surface area contributed by atoms with Gasteiger partial charge in [0.15, 0.2) is 0 Å². The Balaban J connectivity index is 2.09. The van der Waals surface area contributed by atoms with Crippen molar-refractivity contribution in [1.29, 1.82) is 0 Å². The highest BCUT2D eigenvalue weighted by atomic mass is 32.2. The number of benzene rings is 1. The molecular formula is C25H30O3S2. The van der Waals surface area contributed by atoms with Gasteiger partial charge >= 0.3 is 0 Å². The molecule has 0 aliphatic heterocycles. The maximum atomic E-state index is 13.3. The van der Waals surface area contributed by atoms with E-state index >= 15 is 0 Å². The Labute approximate surface area is 188 Å². The smallest absolute Gasteiger partial charge is 0.106 e. The molecule has 5 heteroatoms. The number of aliphatic hydroxyl groups is 1. The normalized spacial score (nSPS) is 23.2.